The number of anilines is 1. The first-order valence-corrected chi connectivity index (χ1v) is 10.5. The molecule has 0 spiro atoms. The normalized spacial score (nSPS) is 10.9. The van der Waals surface area contributed by atoms with Crippen molar-refractivity contribution in [3.63, 3.8) is 0 Å². The van der Waals surface area contributed by atoms with Crippen molar-refractivity contribution in [2.45, 2.75) is 24.4 Å². The van der Waals surface area contributed by atoms with Crippen molar-refractivity contribution < 1.29 is 14.3 Å². The van der Waals surface area contributed by atoms with Crippen LogP contribution in [0.4, 0.5) is 5.00 Å². The van der Waals surface area contributed by atoms with Crippen LogP contribution in [-0.4, -0.2) is 35.8 Å². The van der Waals surface area contributed by atoms with Gasteiger partial charge in [-0.15, -0.1) is 11.3 Å². The van der Waals surface area contributed by atoms with Gasteiger partial charge in [-0.25, -0.2) is 9.78 Å². The molecule has 0 aliphatic rings. The molecular weight excluding hydrogens is 396 g/mol. The Morgan fingerprint density at radius 3 is 2.93 bits per heavy atom. The van der Waals surface area contributed by atoms with Crippen LogP contribution in [0.15, 0.2) is 29.4 Å². The second-order valence-corrected chi connectivity index (χ2v) is 7.79. The summed E-state index contributed by atoms with van der Waals surface area (Å²) in [5.74, 6) is -0.0645. The molecule has 9 heteroatoms. The molecule has 3 aromatic rings. The van der Waals surface area contributed by atoms with E-state index >= 15 is 0 Å². The summed E-state index contributed by atoms with van der Waals surface area (Å²) in [6.07, 6.45) is 0. The van der Waals surface area contributed by atoms with Crippen molar-refractivity contribution in [3.05, 3.63) is 40.3 Å². The maximum atomic E-state index is 12.3. The van der Waals surface area contributed by atoms with Gasteiger partial charge in [-0.3, -0.25) is 0 Å². The summed E-state index contributed by atoms with van der Waals surface area (Å²) in [5, 5.41) is 10.6. The molecule has 28 heavy (non-hydrogen) atoms. The number of benzene rings is 1. The van der Waals surface area contributed by atoms with Crippen LogP contribution < -0.4 is 5.73 Å². The van der Waals surface area contributed by atoms with Crippen LogP contribution in [-0.2, 0) is 21.8 Å². The molecule has 146 valence electrons. The molecular formula is C19H20N4O3S2. The van der Waals surface area contributed by atoms with Gasteiger partial charge in [0.15, 0.2) is 5.16 Å². The highest BCUT2D eigenvalue weighted by Crippen LogP contribution is 2.36. The minimum atomic E-state index is -0.454. The van der Waals surface area contributed by atoms with Crippen LogP contribution >= 0.6 is 23.1 Å². The second kappa shape index (κ2) is 9.10. The largest absolute Gasteiger partial charge is 0.462 e. The van der Waals surface area contributed by atoms with E-state index in [0.717, 1.165) is 27.5 Å². The monoisotopic (exact) mass is 416 g/mol. The molecule has 2 heterocycles. The summed E-state index contributed by atoms with van der Waals surface area (Å²) in [5.41, 5.74) is 8.78. The molecule has 3 rings (SSSR count). The minimum Gasteiger partial charge on any atom is -0.462 e. The first-order valence-electron chi connectivity index (χ1n) is 8.66. The fraction of sp³-hybridized carbons (Fsp3) is 0.316. The van der Waals surface area contributed by atoms with E-state index in [2.05, 4.69) is 10.6 Å². The minimum absolute atomic E-state index is 0.262. The van der Waals surface area contributed by atoms with Gasteiger partial charge in [0.2, 0.25) is 0 Å². The van der Waals surface area contributed by atoms with E-state index in [9.17, 15) is 10.1 Å². The Labute approximate surface area is 171 Å². The number of hydrogen-bond donors (Lipinski definition) is 1. The summed E-state index contributed by atoms with van der Waals surface area (Å²) in [7, 11) is 1.66. The number of carbonyl (C=O) groups excluding carboxylic acids is 1. The average molecular weight is 417 g/mol. The number of thioether (sulfide) groups is 1. The summed E-state index contributed by atoms with van der Waals surface area (Å²) in [4.78, 5) is 17.4. The van der Waals surface area contributed by atoms with E-state index in [1.807, 2.05) is 24.3 Å². The number of nitrogen functional groups attached to an aromatic ring is 1. The zero-order valence-corrected chi connectivity index (χ0v) is 17.2. The number of hydrogen-bond acceptors (Lipinski definition) is 8. The van der Waals surface area contributed by atoms with Crippen LogP contribution in [0.25, 0.3) is 11.0 Å². The number of fused-ring (bicyclic) bond motifs is 1. The zero-order chi connectivity index (χ0) is 20.1. The quantitative estimate of drug-likeness (QED) is 0.441. The van der Waals surface area contributed by atoms with Crippen molar-refractivity contribution in [2.24, 2.45) is 0 Å². The Morgan fingerprint density at radius 1 is 1.43 bits per heavy atom. The Balaban J connectivity index is 1.94. The number of nitrogens with zero attached hydrogens (tertiary/aromatic N) is 3. The molecule has 0 amide bonds. The Hall–Kier alpha value is -2.54. The van der Waals surface area contributed by atoms with Crippen LogP contribution in [0.2, 0.25) is 0 Å². The van der Waals surface area contributed by atoms with Gasteiger partial charge < -0.3 is 19.8 Å². The van der Waals surface area contributed by atoms with Gasteiger partial charge in [-0.1, -0.05) is 23.9 Å². The van der Waals surface area contributed by atoms with Crippen molar-refractivity contribution in [2.75, 3.05) is 26.1 Å². The Morgan fingerprint density at radius 2 is 2.21 bits per heavy atom. The summed E-state index contributed by atoms with van der Waals surface area (Å²) >= 11 is 2.55. The third-order valence-electron chi connectivity index (χ3n) is 4.09. The lowest BCUT2D eigenvalue weighted by molar-refractivity contribution is 0.0531. The highest BCUT2D eigenvalue weighted by molar-refractivity contribution is 7.98. The van der Waals surface area contributed by atoms with Crippen LogP contribution in [0.3, 0.4) is 0 Å². The number of imidazole rings is 1. The summed E-state index contributed by atoms with van der Waals surface area (Å²) in [6, 6.07) is 9.98. The van der Waals surface area contributed by atoms with Crippen LogP contribution in [0.5, 0.6) is 0 Å². The van der Waals surface area contributed by atoms with Crippen molar-refractivity contribution in [1.29, 1.82) is 5.26 Å². The molecule has 0 bridgehead atoms. The smallest absolute Gasteiger partial charge is 0.348 e. The number of methoxy groups -OCH3 is 1. The molecule has 1 aromatic carbocycles. The molecule has 7 nitrogen and oxygen atoms in total. The lowest BCUT2D eigenvalue weighted by Crippen LogP contribution is -2.07. The maximum Gasteiger partial charge on any atom is 0.348 e. The molecule has 0 saturated heterocycles. The number of esters is 1. The van der Waals surface area contributed by atoms with E-state index in [1.54, 1.807) is 14.0 Å². The molecule has 0 fully saturated rings. The van der Waals surface area contributed by atoms with E-state index in [0.29, 0.717) is 39.9 Å². The average Bonchev–Trinajstić information content (AvgIpc) is 3.21. The number of nitrogens with two attached hydrogens (primary N) is 1. The fourth-order valence-corrected chi connectivity index (χ4v) is 4.90. The molecule has 0 aliphatic carbocycles. The second-order valence-electron chi connectivity index (χ2n) is 5.80. The van der Waals surface area contributed by atoms with Gasteiger partial charge >= 0.3 is 5.97 Å². The molecule has 0 radical (unpaired) electrons. The molecule has 2 N–H and O–H groups in total. The van der Waals surface area contributed by atoms with Crippen molar-refractivity contribution in [3.8, 4) is 6.07 Å². The highest BCUT2D eigenvalue weighted by Gasteiger charge is 2.23. The van der Waals surface area contributed by atoms with E-state index < -0.39 is 5.97 Å². The zero-order valence-electron chi connectivity index (χ0n) is 15.6. The van der Waals surface area contributed by atoms with Gasteiger partial charge in [0.05, 0.1) is 29.8 Å². The molecule has 0 saturated carbocycles. The summed E-state index contributed by atoms with van der Waals surface area (Å²) < 4.78 is 12.4. The van der Waals surface area contributed by atoms with Crippen molar-refractivity contribution >= 4 is 45.1 Å². The number of para-hydroxylation sites is 2. The number of thiophene rings is 1. The van der Waals surface area contributed by atoms with Crippen LogP contribution in [0.1, 0.15) is 27.7 Å². The predicted octanol–water partition coefficient (Wildman–Crippen LogP) is 3.67. The predicted molar refractivity (Wildman–Crippen MR) is 111 cm³/mol. The Kier molecular flexibility index (Phi) is 6.57. The standard InChI is InChI=1S/C19H20N4O3S2/c1-3-26-18(24)16-13(12(10-20)17(21)28-16)11-27-19-22-14-6-4-5-7-15(14)23(19)8-9-25-2/h4-7H,3,8-9,11,21H2,1-2H3. The number of ether oxygens (including phenoxy) is 2. The highest BCUT2D eigenvalue weighted by atomic mass is 32.2. The van der Waals surface area contributed by atoms with Gasteiger partial charge in [-0.2, -0.15) is 5.26 Å². The Bertz CT molecular complexity index is 1040. The first-order chi connectivity index (χ1) is 13.6. The number of aromatic nitrogens is 2. The van der Waals surface area contributed by atoms with Gasteiger partial charge in [-0.05, 0) is 19.1 Å². The topological polar surface area (TPSA) is 103 Å². The third-order valence-corrected chi connectivity index (χ3v) is 6.14. The van der Waals surface area contributed by atoms with Gasteiger partial charge in [0.25, 0.3) is 0 Å². The molecule has 2 aromatic heterocycles. The number of nitriles is 1. The molecule has 0 atom stereocenters. The lowest BCUT2D eigenvalue weighted by atomic mass is 10.2. The van der Waals surface area contributed by atoms with Crippen LogP contribution in [0, 0.1) is 11.3 Å². The molecule has 0 unspecified atom stereocenters. The van der Waals surface area contributed by atoms with Gasteiger partial charge in [0, 0.05) is 25.0 Å². The van der Waals surface area contributed by atoms with E-state index in [4.69, 9.17) is 20.2 Å². The van der Waals surface area contributed by atoms with E-state index in [-0.39, 0.29) is 6.61 Å². The van der Waals surface area contributed by atoms with Crippen molar-refractivity contribution in [1.82, 2.24) is 9.55 Å². The number of rotatable bonds is 8. The number of carbonyl (C=O) groups is 1. The third kappa shape index (κ3) is 3.99. The SMILES string of the molecule is CCOC(=O)c1sc(N)c(C#N)c1CSc1nc2ccccc2n1CCOC. The molecule has 0 aliphatic heterocycles. The summed E-state index contributed by atoms with van der Waals surface area (Å²) in [6.45, 7) is 3.21. The van der Waals surface area contributed by atoms with E-state index in [1.165, 1.54) is 11.8 Å². The fourth-order valence-electron chi connectivity index (χ4n) is 2.81. The lowest BCUT2D eigenvalue weighted by Gasteiger charge is -2.09. The first kappa shape index (κ1) is 20.2. The maximum absolute atomic E-state index is 12.3. The van der Waals surface area contributed by atoms with Gasteiger partial charge in [0.1, 0.15) is 15.9 Å².